The highest BCUT2D eigenvalue weighted by Crippen LogP contribution is 2.12. The van der Waals surface area contributed by atoms with Crippen molar-refractivity contribution in [3.8, 4) is 0 Å². The zero-order chi connectivity index (χ0) is 12.1. The van der Waals surface area contributed by atoms with Crippen LogP contribution in [0.2, 0.25) is 0 Å². The van der Waals surface area contributed by atoms with Crippen LogP contribution in [0.5, 0.6) is 0 Å². The Morgan fingerprint density at radius 3 is 2.71 bits per heavy atom. The molecule has 0 radical (unpaired) electrons. The first-order chi connectivity index (χ1) is 8.29. The van der Waals surface area contributed by atoms with E-state index in [0.29, 0.717) is 6.54 Å². The highest BCUT2D eigenvalue weighted by molar-refractivity contribution is 5.27. The van der Waals surface area contributed by atoms with Gasteiger partial charge >= 0.3 is 0 Å². The summed E-state index contributed by atoms with van der Waals surface area (Å²) in [5.74, 6) is 0. The van der Waals surface area contributed by atoms with Gasteiger partial charge in [-0.2, -0.15) is 0 Å². The molecule has 0 fully saturated rings. The summed E-state index contributed by atoms with van der Waals surface area (Å²) >= 11 is 0. The average Bonchev–Trinajstić information content (AvgIpc) is 2.37. The summed E-state index contributed by atoms with van der Waals surface area (Å²) < 4.78 is 0. The molecule has 92 valence electrons. The Balaban J connectivity index is 1.91. The van der Waals surface area contributed by atoms with Crippen molar-refractivity contribution in [1.29, 1.82) is 0 Å². The predicted octanol–water partition coefficient (Wildman–Crippen LogP) is 2.34. The molecule has 2 heteroatoms. The van der Waals surface area contributed by atoms with Gasteiger partial charge in [0, 0.05) is 26.2 Å². The van der Waals surface area contributed by atoms with Crippen LogP contribution >= 0.6 is 0 Å². The number of nitrogens with two attached hydrogens (primary N) is 1. The lowest BCUT2D eigenvalue weighted by molar-refractivity contribution is 0.294. The Hall–Kier alpha value is -1.12. The Kier molecular flexibility index (Phi) is 4.35. The molecule has 1 heterocycles. The van der Waals surface area contributed by atoms with Gasteiger partial charge in [-0.15, -0.1) is 0 Å². The molecule has 2 rings (SSSR count). The molecule has 0 unspecified atom stereocenters. The van der Waals surface area contributed by atoms with Crippen LogP contribution < -0.4 is 5.73 Å². The van der Waals surface area contributed by atoms with Gasteiger partial charge in [0.25, 0.3) is 0 Å². The normalized spacial score (nSPS) is 16.9. The minimum atomic E-state index is 0.648. The number of hydrogen-bond acceptors (Lipinski definition) is 2. The van der Waals surface area contributed by atoms with E-state index in [-0.39, 0.29) is 0 Å². The summed E-state index contributed by atoms with van der Waals surface area (Å²) in [4.78, 5) is 2.53. The van der Waals surface area contributed by atoms with E-state index in [9.17, 15) is 0 Å². The predicted molar refractivity (Wildman–Crippen MR) is 72.9 cm³/mol. The van der Waals surface area contributed by atoms with Crippen LogP contribution in [0.3, 0.4) is 0 Å². The SMILES string of the molecule is CC1=CCCN(CCc2ccccc2CN)C1. The second-order valence-corrected chi connectivity index (χ2v) is 4.84. The second-order valence-electron chi connectivity index (χ2n) is 4.84. The molecule has 0 spiro atoms. The van der Waals surface area contributed by atoms with Gasteiger partial charge < -0.3 is 5.73 Å². The molecule has 0 atom stereocenters. The average molecular weight is 230 g/mol. The van der Waals surface area contributed by atoms with Crippen molar-refractivity contribution in [3.63, 3.8) is 0 Å². The number of benzene rings is 1. The van der Waals surface area contributed by atoms with Crippen LogP contribution in [-0.2, 0) is 13.0 Å². The van der Waals surface area contributed by atoms with Crippen LogP contribution in [0, 0.1) is 0 Å². The number of hydrogen-bond donors (Lipinski definition) is 1. The van der Waals surface area contributed by atoms with E-state index in [1.165, 1.54) is 29.7 Å². The van der Waals surface area contributed by atoms with Crippen molar-refractivity contribution in [2.45, 2.75) is 26.3 Å². The van der Waals surface area contributed by atoms with Crippen molar-refractivity contribution in [2.24, 2.45) is 5.73 Å². The maximum absolute atomic E-state index is 5.76. The standard InChI is InChI=1S/C15H22N2/c1-13-5-4-9-17(12-13)10-8-14-6-2-3-7-15(14)11-16/h2-3,5-7H,4,8-12,16H2,1H3. The van der Waals surface area contributed by atoms with E-state index in [1.54, 1.807) is 0 Å². The van der Waals surface area contributed by atoms with Gasteiger partial charge in [0.05, 0.1) is 0 Å². The highest BCUT2D eigenvalue weighted by atomic mass is 15.1. The van der Waals surface area contributed by atoms with E-state index in [2.05, 4.69) is 42.2 Å². The second kappa shape index (κ2) is 5.99. The molecule has 1 aliphatic heterocycles. The smallest absolute Gasteiger partial charge is 0.0190 e. The van der Waals surface area contributed by atoms with Gasteiger partial charge in [0.2, 0.25) is 0 Å². The van der Waals surface area contributed by atoms with Crippen LogP contribution in [0.4, 0.5) is 0 Å². The quantitative estimate of drug-likeness (QED) is 0.804. The lowest BCUT2D eigenvalue weighted by Gasteiger charge is -2.26. The maximum atomic E-state index is 5.76. The van der Waals surface area contributed by atoms with Crippen LogP contribution in [0.15, 0.2) is 35.9 Å². The third-order valence-electron chi connectivity index (χ3n) is 3.45. The van der Waals surface area contributed by atoms with Gasteiger partial charge in [-0.1, -0.05) is 35.9 Å². The summed E-state index contributed by atoms with van der Waals surface area (Å²) in [7, 11) is 0. The van der Waals surface area contributed by atoms with Crippen molar-refractivity contribution in [2.75, 3.05) is 19.6 Å². The van der Waals surface area contributed by atoms with E-state index < -0.39 is 0 Å². The first-order valence-corrected chi connectivity index (χ1v) is 6.44. The summed E-state index contributed by atoms with van der Waals surface area (Å²) in [6.07, 6.45) is 4.66. The van der Waals surface area contributed by atoms with Crippen molar-refractivity contribution >= 4 is 0 Å². The zero-order valence-corrected chi connectivity index (χ0v) is 10.7. The molecular weight excluding hydrogens is 208 g/mol. The molecule has 0 bridgehead atoms. The summed E-state index contributed by atoms with van der Waals surface area (Å²) in [5.41, 5.74) is 9.96. The minimum absolute atomic E-state index is 0.648. The lowest BCUT2D eigenvalue weighted by atomic mass is 10.0. The number of nitrogens with zero attached hydrogens (tertiary/aromatic N) is 1. The summed E-state index contributed by atoms with van der Waals surface area (Å²) in [6.45, 7) is 6.34. The molecule has 2 N–H and O–H groups in total. The Morgan fingerprint density at radius 2 is 2.00 bits per heavy atom. The molecule has 0 amide bonds. The third-order valence-corrected chi connectivity index (χ3v) is 3.45. The summed E-state index contributed by atoms with van der Waals surface area (Å²) in [5, 5.41) is 0. The molecule has 1 aromatic carbocycles. The molecule has 1 aliphatic rings. The molecule has 2 nitrogen and oxygen atoms in total. The largest absolute Gasteiger partial charge is 0.326 e. The van der Waals surface area contributed by atoms with Crippen molar-refractivity contribution in [3.05, 3.63) is 47.0 Å². The van der Waals surface area contributed by atoms with Gasteiger partial charge in [-0.3, -0.25) is 4.90 Å². The first-order valence-electron chi connectivity index (χ1n) is 6.44. The van der Waals surface area contributed by atoms with E-state index in [1.807, 2.05) is 0 Å². The van der Waals surface area contributed by atoms with Crippen molar-refractivity contribution in [1.82, 2.24) is 4.90 Å². The molecule has 1 aromatic rings. The Morgan fingerprint density at radius 1 is 1.24 bits per heavy atom. The van der Waals surface area contributed by atoms with Gasteiger partial charge in [-0.25, -0.2) is 0 Å². The molecule has 0 saturated carbocycles. The molecular formula is C15H22N2. The zero-order valence-electron chi connectivity index (χ0n) is 10.7. The van der Waals surface area contributed by atoms with E-state index in [0.717, 1.165) is 19.5 Å². The van der Waals surface area contributed by atoms with Crippen LogP contribution in [0.1, 0.15) is 24.5 Å². The fourth-order valence-electron chi connectivity index (χ4n) is 2.46. The minimum Gasteiger partial charge on any atom is -0.326 e. The maximum Gasteiger partial charge on any atom is 0.0190 e. The van der Waals surface area contributed by atoms with E-state index in [4.69, 9.17) is 5.73 Å². The van der Waals surface area contributed by atoms with Crippen LogP contribution in [-0.4, -0.2) is 24.5 Å². The molecule has 0 saturated heterocycles. The van der Waals surface area contributed by atoms with Crippen LogP contribution in [0.25, 0.3) is 0 Å². The molecule has 0 aromatic heterocycles. The fraction of sp³-hybridized carbons (Fsp3) is 0.467. The monoisotopic (exact) mass is 230 g/mol. The fourth-order valence-corrected chi connectivity index (χ4v) is 2.46. The Bertz CT molecular complexity index is 396. The van der Waals surface area contributed by atoms with Gasteiger partial charge in [-0.05, 0) is 30.9 Å². The Labute approximate surface area is 104 Å². The molecule has 0 aliphatic carbocycles. The highest BCUT2D eigenvalue weighted by Gasteiger charge is 2.10. The number of rotatable bonds is 4. The van der Waals surface area contributed by atoms with Gasteiger partial charge in [0.15, 0.2) is 0 Å². The lowest BCUT2D eigenvalue weighted by Crippen LogP contribution is -2.31. The third kappa shape index (κ3) is 3.42. The van der Waals surface area contributed by atoms with Crippen molar-refractivity contribution < 1.29 is 0 Å². The van der Waals surface area contributed by atoms with Gasteiger partial charge in [0.1, 0.15) is 0 Å². The molecule has 17 heavy (non-hydrogen) atoms. The topological polar surface area (TPSA) is 29.3 Å². The first kappa shape index (κ1) is 12.3. The van der Waals surface area contributed by atoms with E-state index >= 15 is 0 Å². The summed E-state index contributed by atoms with van der Waals surface area (Å²) in [6, 6.07) is 8.51.